The van der Waals surface area contributed by atoms with Gasteiger partial charge in [-0.3, -0.25) is 9.67 Å². The van der Waals surface area contributed by atoms with Crippen LogP contribution in [0.25, 0.3) is 11.1 Å². The molecule has 1 aliphatic rings. The second-order valence-corrected chi connectivity index (χ2v) is 5.11. The summed E-state index contributed by atoms with van der Waals surface area (Å²) in [4.78, 5) is 4.12. The molecular formula is C14H19N5. The van der Waals surface area contributed by atoms with E-state index in [0.29, 0.717) is 0 Å². The molecule has 0 unspecified atom stereocenters. The molecule has 0 aliphatic carbocycles. The minimum absolute atomic E-state index is 0.722. The molecule has 0 saturated carbocycles. The monoisotopic (exact) mass is 257 g/mol. The predicted molar refractivity (Wildman–Crippen MR) is 75.5 cm³/mol. The molecule has 19 heavy (non-hydrogen) atoms. The molecule has 2 aromatic rings. The van der Waals surface area contributed by atoms with Crippen molar-refractivity contribution in [2.24, 2.45) is 5.92 Å². The van der Waals surface area contributed by atoms with E-state index in [1.165, 1.54) is 12.8 Å². The Labute approximate surface area is 112 Å². The number of hydrogen-bond acceptors (Lipinski definition) is 4. The van der Waals surface area contributed by atoms with Gasteiger partial charge in [0.15, 0.2) is 0 Å². The van der Waals surface area contributed by atoms with Gasteiger partial charge in [0.2, 0.25) is 0 Å². The summed E-state index contributed by atoms with van der Waals surface area (Å²) in [5, 5.41) is 7.83. The summed E-state index contributed by atoms with van der Waals surface area (Å²) in [6.07, 6.45) is 9.89. The highest BCUT2D eigenvalue weighted by Crippen LogP contribution is 2.24. The van der Waals surface area contributed by atoms with Crippen LogP contribution in [-0.4, -0.2) is 27.9 Å². The first-order chi connectivity index (χ1) is 9.33. The average molecular weight is 257 g/mol. The van der Waals surface area contributed by atoms with Crippen LogP contribution in [0.5, 0.6) is 0 Å². The van der Waals surface area contributed by atoms with Gasteiger partial charge >= 0.3 is 0 Å². The van der Waals surface area contributed by atoms with E-state index >= 15 is 0 Å². The lowest BCUT2D eigenvalue weighted by molar-refractivity contribution is 0.321. The zero-order valence-electron chi connectivity index (χ0n) is 10.9. The maximum atomic E-state index is 5.96. The number of nitrogens with one attached hydrogen (secondary N) is 1. The molecule has 1 saturated heterocycles. The number of anilines is 1. The molecule has 0 radical (unpaired) electrons. The van der Waals surface area contributed by atoms with Crippen molar-refractivity contribution in [1.29, 1.82) is 0 Å². The summed E-state index contributed by atoms with van der Waals surface area (Å²) >= 11 is 0. The van der Waals surface area contributed by atoms with E-state index in [9.17, 15) is 0 Å². The van der Waals surface area contributed by atoms with Gasteiger partial charge < -0.3 is 11.1 Å². The molecule has 1 aliphatic heterocycles. The van der Waals surface area contributed by atoms with Gasteiger partial charge in [0.25, 0.3) is 0 Å². The molecule has 3 rings (SSSR count). The molecule has 0 atom stereocenters. The fourth-order valence-corrected chi connectivity index (χ4v) is 2.58. The van der Waals surface area contributed by atoms with Crippen LogP contribution in [0.3, 0.4) is 0 Å². The second kappa shape index (κ2) is 5.40. The van der Waals surface area contributed by atoms with Gasteiger partial charge in [-0.2, -0.15) is 5.10 Å². The normalized spacial score (nSPS) is 16.6. The van der Waals surface area contributed by atoms with Crippen LogP contribution in [0.4, 0.5) is 5.69 Å². The third-order valence-electron chi connectivity index (χ3n) is 3.70. The zero-order valence-corrected chi connectivity index (χ0v) is 10.9. The number of nitrogens with zero attached hydrogens (tertiary/aromatic N) is 3. The average Bonchev–Trinajstić information content (AvgIpc) is 2.89. The minimum Gasteiger partial charge on any atom is -0.398 e. The summed E-state index contributed by atoms with van der Waals surface area (Å²) < 4.78 is 2.03. The molecule has 100 valence electrons. The Morgan fingerprint density at radius 2 is 2.16 bits per heavy atom. The quantitative estimate of drug-likeness (QED) is 0.875. The van der Waals surface area contributed by atoms with Crippen molar-refractivity contribution in [3.63, 3.8) is 0 Å². The maximum absolute atomic E-state index is 5.96. The van der Waals surface area contributed by atoms with Crippen molar-refractivity contribution in [3.05, 3.63) is 30.9 Å². The molecule has 0 bridgehead atoms. The first kappa shape index (κ1) is 12.2. The number of rotatable bonds is 3. The number of nitrogens with two attached hydrogens (primary N) is 1. The Kier molecular flexibility index (Phi) is 3.46. The van der Waals surface area contributed by atoms with Crippen LogP contribution in [0, 0.1) is 5.92 Å². The fourth-order valence-electron chi connectivity index (χ4n) is 2.58. The highest BCUT2D eigenvalue weighted by atomic mass is 15.3. The molecule has 1 fully saturated rings. The molecule has 0 aromatic carbocycles. The Morgan fingerprint density at radius 1 is 1.32 bits per heavy atom. The Balaban J connectivity index is 1.74. The molecule has 5 nitrogen and oxygen atoms in total. The fraction of sp³-hybridized carbons (Fsp3) is 0.429. The number of aromatic nitrogens is 3. The molecule has 0 spiro atoms. The summed E-state index contributed by atoms with van der Waals surface area (Å²) in [6.45, 7) is 3.23. The third kappa shape index (κ3) is 2.76. The Morgan fingerprint density at radius 3 is 2.95 bits per heavy atom. The van der Waals surface area contributed by atoms with Crippen LogP contribution in [0.1, 0.15) is 12.8 Å². The van der Waals surface area contributed by atoms with Gasteiger partial charge in [0.05, 0.1) is 6.20 Å². The third-order valence-corrected chi connectivity index (χ3v) is 3.70. The van der Waals surface area contributed by atoms with Crippen LogP contribution in [0.2, 0.25) is 0 Å². The van der Waals surface area contributed by atoms with Gasteiger partial charge in [0, 0.05) is 41.9 Å². The number of pyridine rings is 1. The predicted octanol–water partition coefficient (Wildman–Crippen LogP) is 1.53. The first-order valence-corrected chi connectivity index (χ1v) is 6.76. The van der Waals surface area contributed by atoms with E-state index in [2.05, 4.69) is 21.6 Å². The largest absolute Gasteiger partial charge is 0.398 e. The summed E-state index contributed by atoms with van der Waals surface area (Å²) in [6, 6.07) is 1.82. The van der Waals surface area contributed by atoms with Crippen molar-refractivity contribution in [2.75, 3.05) is 18.8 Å². The topological polar surface area (TPSA) is 68.8 Å². The summed E-state index contributed by atoms with van der Waals surface area (Å²) in [5.74, 6) is 0.722. The van der Waals surface area contributed by atoms with E-state index < -0.39 is 0 Å². The van der Waals surface area contributed by atoms with Gasteiger partial charge in [-0.25, -0.2) is 0 Å². The van der Waals surface area contributed by atoms with Crippen molar-refractivity contribution in [3.8, 4) is 11.1 Å². The lowest BCUT2D eigenvalue weighted by Crippen LogP contribution is -2.29. The van der Waals surface area contributed by atoms with Gasteiger partial charge in [0.1, 0.15) is 0 Å². The van der Waals surface area contributed by atoms with Crippen molar-refractivity contribution in [1.82, 2.24) is 20.1 Å². The number of piperidine rings is 1. The van der Waals surface area contributed by atoms with Crippen LogP contribution >= 0.6 is 0 Å². The van der Waals surface area contributed by atoms with Gasteiger partial charge in [-0.05, 0) is 37.9 Å². The first-order valence-electron chi connectivity index (χ1n) is 6.76. The molecule has 3 N–H and O–H groups in total. The van der Waals surface area contributed by atoms with Crippen molar-refractivity contribution >= 4 is 5.69 Å². The van der Waals surface area contributed by atoms with E-state index in [1.54, 1.807) is 12.4 Å². The summed E-state index contributed by atoms with van der Waals surface area (Å²) in [5.41, 5.74) is 8.71. The molecule has 0 amide bonds. The molecule has 3 heterocycles. The van der Waals surface area contributed by atoms with E-state index in [4.69, 9.17) is 5.73 Å². The van der Waals surface area contributed by atoms with Crippen LogP contribution in [-0.2, 0) is 6.54 Å². The highest BCUT2D eigenvalue weighted by Gasteiger charge is 2.14. The summed E-state index contributed by atoms with van der Waals surface area (Å²) in [7, 11) is 0. The Hall–Kier alpha value is -1.88. The van der Waals surface area contributed by atoms with Gasteiger partial charge in [-0.15, -0.1) is 0 Å². The lowest BCUT2D eigenvalue weighted by Gasteiger charge is -2.22. The van der Waals surface area contributed by atoms with Crippen molar-refractivity contribution < 1.29 is 0 Å². The van der Waals surface area contributed by atoms with E-state index in [-0.39, 0.29) is 0 Å². The zero-order chi connectivity index (χ0) is 13.1. The molecular weight excluding hydrogens is 238 g/mol. The number of nitrogen functional groups attached to an aromatic ring is 1. The van der Waals surface area contributed by atoms with Crippen molar-refractivity contribution in [2.45, 2.75) is 19.4 Å². The SMILES string of the molecule is Nc1ccncc1-c1cnn(CC2CCNCC2)c1. The molecule has 5 heteroatoms. The van der Waals surface area contributed by atoms with Crippen LogP contribution < -0.4 is 11.1 Å². The van der Waals surface area contributed by atoms with E-state index in [1.807, 2.05) is 16.9 Å². The van der Waals surface area contributed by atoms with E-state index in [0.717, 1.165) is 42.4 Å². The minimum atomic E-state index is 0.722. The second-order valence-electron chi connectivity index (χ2n) is 5.11. The van der Waals surface area contributed by atoms with Crippen LogP contribution in [0.15, 0.2) is 30.9 Å². The smallest absolute Gasteiger partial charge is 0.0569 e. The van der Waals surface area contributed by atoms with Gasteiger partial charge in [-0.1, -0.05) is 0 Å². The Bertz CT molecular complexity index is 542. The lowest BCUT2D eigenvalue weighted by atomic mass is 9.98. The highest BCUT2D eigenvalue weighted by molar-refractivity contribution is 5.74. The molecule has 2 aromatic heterocycles. The number of hydrogen-bond donors (Lipinski definition) is 2. The standard InChI is InChI=1S/C14H19N5/c15-14-3-6-17-8-13(14)12-7-18-19(10-12)9-11-1-4-16-5-2-11/h3,6-8,10-11,16H,1-2,4-5,9H2,(H2,15,17). The maximum Gasteiger partial charge on any atom is 0.0569 e.